The van der Waals surface area contributed by atoms with Gasteiger partial charge in [-0.2, -0.15) is 0 Å². The fourth-order valence-corrected chi connectivity index (χ4v) is 2.12. The maximum atomic E-state index is 11.3. The quantitative estimate of drug-likeness (QED) is 0.804. The van der Waals surface area contributed by atoms with Crippen molar-refractivity contribution in [2.24, 2.45) is 0 Å². The zero-order chi connectivity index (χ0) is 11.6. The standard InChI is InChI=1S/C8H12N2O4S/c1-6(3-8(11)12)7-4-9-5-10(7)15(2,13)14/h4-6H,3H2,1-2H3,(H,11,12). The molecule has 1 atom stereocenters. The third-order valence-corrected chi connectivity index (χ3v) is 3.00. The van der Waals surface area contributed by atoms with Crippen LogP contribution in [-0.4, -0.2) is 34.7 Å². The monoisotopic (exact) mass is 232 g/mol. The SMILES string of the molecule is CC(CC(=O)O)c1cncn1S(C)(=O)=O. The first-order valence-electron chi connectivity index (χ1n) is 4.27. The maximum Gasteiger partial charge on any atom is 0.304 e. The summed E-state index contributed by atoms with van der Waals surface area (Å²) in [6, 6.07) is 0. The zero-order valence-corrected chi connectivity index (χ0v) is 9.23. The van der Waals surface area contributed by atoms with Gasteiger partial charge in [-0.05, 0) is 0 Å². The van der Waals surface area contributed by atoms with E-state index >= 15 is 0 Å². The molecule has 0 saturated carbocycles. The molecule has 0 saturated heterocycles. The highest BCUT2D eigenvalue weighted by molar-refractivity contribution is 7.89. The summed E-state index contributed by atoms with van der Waals surface area (Å²) in [5, 5.41) is 8.60. The molecule has 1 aromatic heterocycles. The van der Waals surface area contributed by atoms with Gasteiger partial charge >= 0.3 is 5.97 Å². The number of carboxylic acids is 1. The van der Waals surface area contributed by atoms with Crippen LogP contribution in [0.3, 0.4) is 0 Å². The molecule has 0 aromatic carbocycles. The van der Waals surface area contributed by atoms with Crippen molar-refractivity contribution in [2.75, 3.05) is 6.26 Å². The molecule has 0 aliphatic rings. The van der Waals surface area contributed by atoms with Crippen molar-refractivity contribution in [3.05, 3.63) is 18.2 Å². The highest BCUT2D eigenvalue weighted by Crippen LogP contribution is 2.19. The van der Waals surface area contributed by atoms with Crippen molar-refractivity contribution in [3.63, 3.8) is 0 Å². The highest BCUT2D eigenvalue weighted by Gasteiger charge is 2.18. The molecule has 0 aliphatic heterocycles. The third-order valence-electron chi connectivity index (χ3n) is 1.98. The second-order valence-electron chi connectivity index (χ2n) is 3.38. The van der Waals surface area contributed by atoms with E-state index in [1.165, 1.54) is 12.5 Å². The van der Waals surface area contributed by atoms with E-state index in [4.69, 9.17) is 5.11 Å². The van der Waals surface area contributed by atoms with E-state index < -0.39 is 16.0 Å². The average Bonchev–Trinajstić information content (AvgIpc) is 2.48. The second kappa shape index (κ2) is 4.01. The summed E-state index contributed by atoms with van der Waals surface area (Å²) in [5.41, 5.74) is 0.389. The molecule has 1 N–H and O–H groups in total. The molecule has 1 heterocycles. The summed E-state index contributed by atoms with van der Waals surface area (Å²) in [6.45, 7) is 1.65. The number of nitrogens with zero attached hydrogens (tertiary/aromatic N) is 2. The lowest BCUT2D eigenvalue weighted by atomic mass is 10.1. The van der Waals surface area contributed by atoms with Gasteiger partial charge in [-0.15, -0.1) is 0 Å². The summed E-state index contributed by atoms with van der Waals surface area (Å²) in [4.78, 5) is 14.2. The Bertz CT molecular complexity index is 463. The number of carboxylic acid groups (broad SMARTS) is 1. The molecule has 1 unspecified atom stereocenters. The molecular weight excluding hydrogens is 220 g/mol. The lowest BCUT2D eigenvalue weighted by molar-refractivity contribution is -0.137. The maximum absolute atomic E-state index is 11.3. The third kappa shape index (κ3) is 2.79. The lowest BCUT2D eigenvalue weighted by Gasteiger charge is -2.10. The molecule has 1 rings (SSSR count). The first-order valence-corrected chi connectivity index (χ1v) is 6.11. The van der Waals surface area contributed by atoms with Crippen LogP contribution in [0.1, 0.15) is 25.0 Å². The Morgan fingerprint density at radius 2 is 2.27 bits per heavy atom. The predicted molar refractivity (Wildman–Crippen MR) is 53.1 cm³/mol. The first kappa shape index (κ1) is 11.7. The number of hydrogen-bond donors (Lipinski definition) is 1. The van der Waals surface area contributed by atoms with E-state index in [0.717, 1.165) is 10.2 Å². The summed E-state index contributed by atoms with van der Waals surface area (Å²) >= 11 is 0. The van der Waals surface area contributed by atoms with Crippen LogP contribution in [0.2, 0.25) is 0 Å². The molecule has 0 amide bonds. The smallest absolute Gasteiger partial charge is 0.304 e. The van der Waals surface area contributed by atoms with Crippen molar-refractivity contribution in [2.45, 2.75) is 19.3 Å². The summed E-state index contributed by atoms with van der Waals surface area (Å²) in [7, 11) is -3.41. The topological polar surface area (TPSA) is 89.3 Å². The van der Waals surface area contributed by atoms with Gasteiger partial charge in [0.15, 0.2) is 0 Å². The Morgan fingerprint density at radius 1 is 1.67 bits per heavy atom. The van der Waals surface area contributed by atoms with Crippen molar-refractivity contribution in [1.82, 2.24) is 8.96 Å². The van der Waals surface area contributed by atoms with Crippen LogP contribution in [0.15, 0.2) is 12.5 Å². The van der Waals surface area contributed by atoms with E-state index in [1.54, 1.807) is 6.92 Å². The molecule has 0 aliphatic carbocycles. The summed E-state index contributed by atoms with van der Waals surface area (Å²) < 4.78 is 23.6. The van der Waals surface area contributed by atoms with Gasteiger partial charge in [-0.25, -0.2) is 17.4 Å². The minimum absolute atomic E-state index is 0.124. The van der Waals surface area contributed by atoms with Gasteiger partial charge in [-0.3, -0.25) is 4.79 Å². The van der Waals surface area contributed by atoms with Crippen molar-refractivity contribution in [1.29, 1.82) is 0 Å². The minimum atomic E-state index is -3.41. The fraction of sp³-hybridized carbons (Fsp3) is 0.500. The van der Waals surface area contributed by atoms with Crippen LogP contribution in [0.25, 0.3) is 0 Å². The molecule has 84 valence electrons. The van der Waals surface area contributed by atoms with Crippen LogP contribution >= 0.6 is 0 Å². The van der Waals surface area contributed by atoms with E-state index in [9.17, 15) is 13.2 Å². The minimum Gasteiger partial charge on any atom is -0.481 e. The van der Waals surface area contributed by atoms with Crippen LogP contribution in [0.4, 0.5) is 0 Å². The van der Waals surface area contributed by atoms with Crippen molar-refractivity contribution < 1.29 is 18.3 Å². The fourth-order valence-electron chi connectivity index (χ4n) is 1.28. The zero-order valence-electron chi connectivity index (χ0n) is 8.41. The van der Waals surface area contributed by atoms with Crippen LogP contribution in [-0.2, 0) is 14.8 Å². The van der Waals surface area contributed by atoms with Gasteiger partial charge in [0.2, 0.25) is 10.0 Å². The van der Waals surface area contributed by atoms with Gasteiger partial charge in [0.1, 0.15) is 6.33 Å². The normalized spacial score (nSPS) is 13.7. The Morgan fingerprint density at radius 3 is 2.73 bits per heavy atom. The average molecular weight is 232 g/mol. The van der Waals surface area contributed by atoms with E-state index in [0.29, 0.717) is 5.69 Å². The van der Waals surface area contributed by atoms with Crippen molar-refractivity contribution in [3.8, 4) is 0 Å². The largest absolute Gasteiger partial charge is 0.481 e. The molecule has 0 bridgehead atoms. The molecule has 6 nitrogen and oxygen atoms in total. The lowest BCUT2D eigenvalue weighted by Crippen LogP contribution is -2.15. The first-order chi connectivity index (χ1) is 6.82. The Labute approximate surface area is 87.6 Å². The summed E-state index contributed by atoms with van der Waals surface area (Å²) in [5.74, 6) is -1.36. The molecule has 1 aromatic rings. The Hall–Kier alpha value is -1.37. The Balaban J connectivity index is 3.06. The van der Waals surface area contributed by atoms with Gasteiger partial charge in [-0.1, -0.05) is 6.92 Å². The number of aromatic nitrogens is 2. The van der Waals surface area contributed by atoms with E-state index in [-0.39, 0.29) is 12.3 Å². The number of imidazole rings is 1. The van der Waals surface area contributed by atoms with E-state index in [1.807, 2.05) is 0 Å². The molecule has 15 heavy (non-hydrogen) atoms. The second-order valence-corrected chi connectivity index (χ2v) is 5.24. The highest BCUT2D eigenvalue weighted by atomic mass is 32.2. The number of rotatable bonds is 4. The molecular formula is C8H12N2O4S. The van der Waals surface area contributed by atoms with Gasteiger partial charge in [0.05, 0.1) is 18.4 Å². The van der Waals surface area contributed by atoms with Crippen molar-refractivity contribution >= 4 is 16.0 Å². The van der Waals surface area contributed by atoms with Gasteiger partial charge in [0.25, 0.3) is 0 Å². The summed E-state index contributed by atoms with van der Waals surface area (Å²) in [6.07, 6.45) is 3.46. The van der Waals surface area contributed by atoms with E-state index in [2.05, 4.69) is 4.98 Å². The Kier molecular flexibility index (Phi) is 3.13. The van der Waals surface area contributed by atoms with Gasteiger partial charge < -0.3 is 5.11 Å². The molecule has 0 radical (unpaired) electrons. The predicted octanol–water partition coefficient (Wildman–Crippen LogP) is 0.269. The van der Waals surface area contributed by atoms with Crippen LogP contribution in [0, 0.1) is 0 Å². The molecule has 0 fully saturated rings. The van der Waals surface area contributed by atoms with Gasteiger partial charge in [0, 0.05) is 12.1 Å². The van der Waals surface area contributed by atoms with Crippen LogP contribution in [0.5, 0.6) is 0 Å². The van der Waals surface area contributed by atoms with Crippen LogP contribution < -0.4 is 0 Å². The molecule has 7 heteroatoms. The number of aliphatic carboxylic acids is 1. The number of hydrogen-bond acceptors (Lipinski definition) is 4. The molecule has 0 spiro atoms. The number of carbonyl (C=O) groups is 1.